The molecule has 2 aromatic rings. The van der Waals surface area contributed by atoms with Gasteiger partial charge >= 0.3 is 5.97 Å². The molecule has 174 valence electrons. The molecule has 1 fully saturated rings. The third-order valence-electron chi connectivity index (χ3n) is 5.36. The number of nitrogens with zero attached hydrogens (tertiary/aromatic N) is 1. The number of esters is 1. The van der Waals surface area contributed by atoms with E-state index in [1.54, 1.807) is 30.1 Å². The molecular formula is C22H28N2O6S2. The zero-order chi connectivity index (χ0) is 23.3. The van der Waals surface area contributed by atoms with E-state index in [0.717, 1.165) is 17.7 Å². The molecule has 8 nitrogen and oxygen atoms in total. The van der Waals surface area contributed by atoms with Gasteiger partial charge in [-0.3, -0.25) is 9.59 Å². The fraction of sp³-hybridized carbons (Fsp3) is 0.455. The maximum absolute atomic E-state index is 12.7. The van der Waals surface area contributed by atoms with Crippen LogP contribution in [-0.2, 0) is 24.3 Å². The van der Waals surface area contributed by atoms with Crippen molar-refractivity contribution in [3.05, 3.63) is 46.7 Å². The topological polar surface area (TPSA) is 102 Å². The van der Waals surface area contributed by atoms with Gasteiger partial charge in [-0.05, 0) is 54.5 Å². The van der Waals surface area contributed by atoms with Crippen molar-refractivity contribution in [3.8, 4) is 5.75 Å². The highest BCUT2D eigenvalue weighted by atomic mass is 32.2. The van der Waals surface area contributed by atoms with Gasteiger partial charge in [0.25, 0.3) is 5.91 Å². The van der Waals surface area contributed by atoms with Crippen molar-refractivity contribution in [3.63, 3.8) is 0 Å². The van der Waals surface area contributed by atoms with Crippen LogP contribution in [-0.4, -0.2) is 51.5 Å². The van der Waals surface area contributed by atoms with Crippen LogP contribution in [0.5, 0.6) is 5.75 Å². The molecule has 10 heteroatoms. The van der Waals surface area contributed by atoms with E-state index in [1.165, 1.54) is 31.4 Å². The average Bonchev–Trinajstić information content (AvgIpc) is 3.47. The van der Waals surface area contributed by atoms with Gasteiger partial charge in [0.05, 0.1) is 18.0 Å². The number of methoxy groups -OCH3 is 1. The Balaban J connectivity index is 1.63. The highest BCUT2D eigenvalue weighted by Crippen LogP contribution is 2.34. The molecule has 3 rings (SSSR count). The van der Waals surface area contributed by atoms with Gasteiger partial charge in [0.15, 0.2) is 6.61 Å². The molecular weight excluding hydrogens is 452 g/mol. The quantitative estimate of drug-likeness (QED) is 0.554. The maximum atomic E-state index is 12.7. The Morgan fingerprint density at radius 1 is 1.22 bits per heavy atom. The van der Waals surface area contributed by atoms with Crippen molar-refractivity contribution < 1.29 is 27.5 Å². The second-order valence-corrected chi connectivity index (χ2v) is 10.6. The standard InChI is InChI=1S/C22H28N2O6S2/c1-15(2)21(23-32(27,28)17-10-8-16(29-3)9-11-17)22(26)30-14-20(25)24-12-4-6-18(24)19-7-5-13-31-19/h5,7-11,13,15,18,21,23H,4,6,12,14H2,1-3H3/t18?,21-/m0/s1. The minimum Gasteiger partial charge on any atom is -0.497 e. The maximum Gasteiger partial charge on any atom is 0.324 e. The molecule has 1 aromatic heterocycles. The van der Waals surface area contributed by atoms with Crippen LogP contribution in [0.4, 0.5) is 0 Å². The van der Waals surface area contributed by atoms with Gasteiger partial charge in [0.1, 0.15) is 11.8 Å². The fourth-order valence-electron chi connectivity index (χ4n) is 3.59. The molecule has 2 heterocycles. The second kappa shape index (κ2) is 10.5. The third kappa shape index (κ3) is 5.67. The Labute approximate surface area is 192 Å². The number of hydrogen-bond acceptors (Lipinski definition) is 7. The van der Waals surface area contributed by atoms with Crippen molar-refractivity contribution in [1.29, 1.82) is 0 Å². The van der Waals surface area contributed by atoms with Crippen molar-refractivity contribution in [2.24, 2.45) is 5.92 Å². The monoisotopic (exact) mass is 480 g/mol. The summed E-state index contributed by atoms with van der Waals surface area (Å²) in [6, 6.07) is 8.65. The Bertz CT molecular complexity index is 1020. The number of carbonyl (C=O) groups is 2. The summed E-state index contributed by atoms with van der Waals surface area (Å²) in [5, 5.41) is 1.97. The van der Waals surface area contributed by atoms with Gasteiger partial charge in [-0.25, -0.2) is 8.42 Å². The molecule has 0 bridgehead atoms. The van der Waals surface area contributed by atoms with E-state index < -0.39 is 28.6 Å². The Kier molecular flexibility index (Phi) is 7.91. The lowest BCUT2D eigenvalue weighted by molar-refractivity contribution is -0.154. The van der Waals surface area contributed by atoms with Gasteiger partial charge < -0.3 is 14.4 Å². The fourth-order valence-corrected chi connectivity index (χ4v) is 5.80. The van der Waals surface area contributed by atoms with E-state index in [2.05, 4.69) is 4.72 Å². The second-order valence-electron chi connectivity index (χ2n) is 7.89. The molecule has 1 unspecified atom stereocenters. The molecule has 1 N–H and O–H groups in total. The normalized spacial score (nSPS) is 17.4. The van der Waals surface area contributed by atoms with Crippen LogP contribution in [0.3, 0.4) is 0 Å². The first-order chi connectivity index (χ1) is 15.2. The molecule has 1 aliphatic heterocycles. The minimum absolute atomic E-state index is 0.00341. The SMILES string of the molecule is COc1ccc(S(=O)(=O)N[C@H](C(=O)OCC(=O)N2CCCC2c2cccs2)C(C)C)cc1. The summed E-state index contributed by atoms with van der Waals surface area (Å²) in [4.78, 5) is 28.2. The molecule has 32 heavy (non-hydrogen) atoms. The van der Waals surface area contributed by atoms with E-state index in [-0.39, 0.29) is 22.8 Å². The molecule has 1 amide bonds. The number of sulfonamides is 1. The highest BCUT2D eigenvalue weighted by molar-refractivity contribution is 7.89. The molecule has 1 saturated heterocycles. The molecule has 0 aliphatic carbocycles. The average molecular weight is 481 g/mol. The largest absolute Gasteiger partial charge is 0.497 e. The van der Waals surface area contributed by atoms with E-state index in [1.807, 2.05) is 17.5 Å². The summed E-state index contributed by atoms with van der Waals surface area (Å²) < 4.78 is 38.2. The van der Waals surface area contributed by atoms with Crippen molar-refractivity contribution in [2.45, 2.75) is 43.7 Å². The molecule has 0 spiro atoms. The number of thiophene rings is 1. The first kappa shape index (κ1) is 24.2. The number of carbonyl (C=O) groups excluding carboxylic acids is 2. The van der Waals surface area contributed by atoms with Crippen molar-refractivity contribution in [1.82, 2.24) is 9.62 Å². The van der Waals surface area contributed by atoms with Gasteiger partial charge in [-0.2, -0.15) is 4.72 Å². The van der Waals surface area contributed by atoms with Crippen LogP contribution >= 0.6 is 11.3 Å². The summed E-state index contributed by atoms with van der Waals surface area (Å²) in [5.41, 5.74) is 0. The van der Waals surface area contributed by atoms with Crippen LogP contribution in [0.25, 0.3) is 0 Å². The van der Waals surface area contributed by atoms with Crippen LogP contribution in [0.1, 0.15) is 37.6 Å². The number of ether oxygens (including phenoxy) is 2. The van der Waals surface area contributed by atoms with Gasteiger partial charge in [0.2, 0.25) is 10.0 Å². The molecule has 0 saturated carbocycles. The number of nitrogens with one attached hydrogen (secondary N) is 1. The van der Waals surface area contributed by atoms with Crippen LogP contribution < -0.4 is 9.46 Å². The van der Waals surface area contributed by atoms with Crippen LogP contribution in [0.2, 0.25) is 0 Å². The predicted molar refractivity (Wildman–Crippen MR) is 121 cm³/mol. The highest BCUT2D eigenvalue weighted by Gasteiger charge is 2.33. The van der Waals surface area contributed by atoms with Crippen molar-refractivity contribution in [2.75, 3.05) is 20.3 Å². The Morgan fingerprint density at radius 3 is 2.53 bits per heavy atom. The first-order valence-corrected chi connectivity index (χ1v) is 12.7. The predicted octanol–water partition coefficient (Wildman–Crippen LogP) is 2.97. The summed E-state index contributed by atoms with van der Waals surface area (Å²) >= 11 is 1.59. The van der Waals surface area contributed by atoms with E-state index >= 15 is 0 Å². The molecule has 0 radical (unpaired) electrons. The lowest BCUT2D eigenvalue weighted by Gasteiger charge is -2.25. The lowest BCUT2D eigenvalue weighted by atomic mass is 10.1. The number of hydrogen-bond donors (Lipinski definition) is 1. The van der Waals surface area contributed by atoms with Gasteiger partial charge in [0, 0.05) is 11.4 Å². The summed E-state index contributed by atoms with van der Waals surface area (Å²) in [5.74, 6) is -0.923. The third-order valence-corrected chi connectivity index (χ3v) is 7.79. The molecule has 2 atom stereocenters. The summed E-state index contributed by atoms with van der Waals surface area (Å²) in [7, 11) is -2.48. The Hall–Kier alpha value is -2.43. The van der Waals surface area contributed by atoms with E-state index in [9.17, 15) is 18.0 Å². The summed E-state index contributed by atoms with van der Waals surface area (Å²) in [6.45, 7) is 3.60. The van der Waals surface area contributed by atoms with E-state index in [0.29, 0.717) is 12.3 Å². The lowest BCUT2D eigenvalue weighted by Crippen LogP contribution is -2.46. The number of amides is 1. The zero-order valence-corrected chi connectivity index (χ0v) is 19.9. The number of rotatable bonds is 9. The molecule has 1 aliphatic rings. The van der Waals surface area contributed by atoms with Gasteiger partial charge in [-0.15, -0.1) is 11.3 Å². The van der Waals surface area contributed by atoms with Crippen molar-refractivity contribution >= 4 is 33.2 Å². The smallest absolute Gasteiger partial charge is 0.324 e. The minimum atomic E-state index is -3.97. The number of benzene rings is 1. The van der Waals surface area contributed by atoms with Gasteiger partial charge in [-0.1, -0.05) is 19.9 Å². The first-order valence-electron chi connectivity index (χ1n) is 10.4. The van der Waals surface area contributed by atoms with E-state index in [4.69, 9.17) is 9.47 Å². The molecule has 1 aromatic carbocycles. The number of likely N-dealkylation sites (tertiary alicyclic amines) is 1. The van der Waals surface area contributed by atoms with Crippen LogP contribution in [0.15, 0.2) is 46.7 Å². The van der Waals surface area contributed by atoms with Crippen LogP contribution in [0, 0.1) is 5.92 Å². The summed E-state index contributed by atoms with van der Waals surface area (Å²) in [6.07, 6.45) is 1.76. The Morgan fingerprint density at radius 2 is 1.94 bits per heavy atom. The zero-order valence-electron chi connectivity index (χ0n) is 18.3.